The van der Waals surface area contributed by atoms with Crippen molar-refractivity contribution in [2.45, 2.75) is 20.0 Å². The smallest absolute Gasteiger partial charge is 0.119 e. The van der Waals surface area contributed by atoms with Crippen LogP contribution in [0.3, 0.4) is 0 Å². The monoisotopic (exact) mass is 260 g/mol. The van der Waals surface area contributed by atoms with Gasteiger partial charge in [0.15, 0.2) is 0 Å². The van der Waals surface area contributed by atoms with Crippen LogP contribution in [0.4, 0.5) is 0 Å². The molecule has 0 saturated carbocycles. The Labute approximate surface area is 113 Å². The maximum atomic E-state index is 9.89. The van der Waals surface area contributed by atoms with E-state index >= 15 is 0 Å². The lowest BCUT2D eigenvalue weighted by Crippen LogP contribution is -2.31. The molecule has 2 N–H and O–H groups in total. The summed E-state index contributed by atoms with van der Waals surface area (Å²) < 4.78 is 7.46. The number of aryl methyl sites for hydroxylation is 2. The van der Waals surface area contributed by atoms with Crippen molar-refractivity contribution >= 4 is 0 Å². The van der Waals surface area contributed by atoms with Crippen LogP contribution >= 0.6 is 0 Å². The van der Waals surface area contributed by atoms with Gasteiger partial charge in [-0.3, -0.25) is 4.68 Å². The summed E-state index contributed by atoms with van der Waals surface area (Å²) >= 11 is 0. The summed E-state index contributed by atoms with van der Waals surface area (Å²) in [5, 5.41) is 9.89. The number of aromatic nitrogens is 1. The maximum Gasteiger partial charge on any atom is 0.119 e. The van der Waals surface area contributed by atoms with Gasteiger partial charge >= 0.3 is 0 Å². The van der Waals surface area contributed by atoms with Crippen molar-refractivity contribution in [3.63, 3.8) is 0 Å². The van der Waals surface area contributed by atoms with Crippen LogP contribution in [0.1, 0.15) is 11.4 Å². The number of hydrogen-bond acceptors (Lipinski definition) is 3. The Bertz CT molecular complexity index is 489. The van der Waals surface area contributed by atoms with Crippen LogP contribution in [0.2, 0.25) is 0 Å². The van der Waals surface area contributed by atoms with E-state index < -0.39 is 6.10 Å². The zero-order chi connectivity index (χ0) is 13.7. The number of nitrogens with zero attached hydrogens (tertiary/aromatic N) is 1. The van der Waals surface area contributed by atoms with Gasteiger partial charge in [0, 0.05) is 11.4 Å². The Hall–Kier alpha value is -1.94. The second kappa shape index (κ2) is 6.29. The highest BCUT2D eigenvalue weighted by Crippen LogP contribution is 2.08. The van der Waals surface area contributed by atoms with Crippen molar-refractivity contribution in [2.75, 3.05) is 18.6 Å². The minimum atomic E-state index is -0.554. The number of benzene rings is 1. The summed E-state index contributed by atoms with van der Waals surface area (Å²) in [6.45, 7) is 4.76. The molecule has 1 atom stereocenters. The van der Waals surface area contributed by atoms with Gasteiger partial charge in [-0.15, -0.1) is 0 Å². The predicted octanol–water partition coefficient (Wildman–Crippen LogP) is 2.09. The molecule has 1 aromatic carbocycles. The van der Waals surface area contributed by atoms with E-state index in [1.807, 2.05) is 61.0 Å². The number of aliphatic hydroxyl groups is 1. The Morgan fingerprint density at radius 2 is 1.74 bits per heavy atom. The van der Waals surface area contributed by atoms with E-state index in [-0.39, 0.29) is 6.61 Å². The summed E-state index contributed by atoms with van der Waals surface area (Å²) in [5.74, 6) is 0.773. The lowest BCUT2D eigenvalue weighted by Gasteiger charge is -2.17. The molecule has 4 heteroatoms. The molecule has 4 nitrogen and oxygen atoms in total. The zero-order valence-electron chi connectivity index (χ0n) is 11.3. The van der Waals surface area contributed by atoms with E-state index in [4.69, 9.17) is 4.74 Å². The number of aliphatic hydroxyl groups excluding tert-OH is 1. The van der Waals surface area contributed by atoms with Crippen molar-refractivity contribution in [3.8, 4) is 5.75 Å². The molecule has 0 bridgehead atoms. The van der Waals surface area contributed by atoms with Crippen molar-refractivity contribution in [1.82, 2.24) is 4.68 Å². The van der Waals surface area contributed by atoms with Gasteiger partial charge in [0.1, 0.15) is 18.5 Å². The van der Waals surface area contributed by atoms with E-state index in [2.05, 4.69) is 5.43 Å². The summed E-state index contributed by atoms with van der Waals surface area (Å²) in [5.41, 5.74) is 5.42. The van der Waals surface area contributed by atoms with Crippen molar-refractivity contribution < 1.29 is 9.84 Å². The second-order valence-corrected chi connectivity index (χ2v) is 4.59. The first-order valence-corrected chi connectivity index (χ1v) is 6.41. The van der Waals surface area contributed by atoms with Crippen LogP contribution in [0.15, 0.2) is 42.5 Å². The zero-order valence-corrected chi connectivity index (χ0v) is 11.3. The largest absolute Gasteiger partial charge is 0.491 e. The average molecular weight is 260 g/mol. The van der Waals surface area contributed by atoms with E-state index in [1.165, 1.54) is 0 Å². The Morgan fingerprint density at radius 1 is 1.11 bits per heavy atom. The highest BCUT2D eigenvalue weighted by atomic mass is 16.5. The van der Waals surface area contributed by atoms with E-state index in [0.29, 0.717) is 6.54 Å². The summed E-state index contributed by atoms with van der Waals surface area (Å²) in [4.78, 5) is 0. The quantitative estimate of drug-likeness (QED) is 0.836. The summed E-state index contributed by atoms with van der Waals surface area (Å²) in [6.07, 6.45) is -0.554. The minimum Gasteiger partial charge on any atom is -0.491 e. The Balaban J connectivity index is 1.77. The molecule has 2 aromatic rings. The third-order valence-corrected chi connectivity index (χ3v) is 2.94. The molecular formula is C15H20N2O2. The molecule has 102 valence electrons. The molecule has 1 heterocycles. The van der Waals surface area contributed by atoms with Gasteiger partial charge in [0.25, 0.3) is 0 Å². The fraction of sp³-hybridized carbons (Fsp3) is 0.333. The van der Waals surface area contributed by atoms with Gasteiger partial charge in [0.05, 0.1) is 6.54 Å². The van der Waals surface area contributed by atoms with Crippen LogP contribution in [0, 0.1) is 13.8 Å². The number of para-hydroxylation sites is 1. The van der Waals surface area contributed by atoms with Crippen molar-refractivity contribution in [3.05, 3.63) is 53.9 Å². The molecule has 19 heavy (non-hydrogen) atoms. The summed E-state index contributed by atoms with van der Waals surface area (Å²) in [7, 11) is 0. The number of rotatable bonds is 6. The molecular weight excluding hydrogens is 240 g/mol. The third kappa shape index (κ3) is 3.76. The fourth-order valence-electron chi connectivity index (χ4n) is 1.88. The number of ether oxygens (including phenoxy) is 1. The third-order valence-electron chi connectivity index (χ3n) is 2.94. The van der Waals surface area contributed by atoms with Gasteiger partial charge < -0.3 is 15.3 Å². The number of nitrogens with one attached hydrogen (secondary N) is 1. The first-order chi connectivity index (χ1) is 9.16. The molecule has 0 spiro atoms. The van der Waals surface area contributed by atoms with Crippen LogP contribution in [-0.2, 0) is 0 Å². The Kier molecular flexibility index (Phi) is 4.47. The Morgan fingerprint density at radius 3 is 2.37 bits per heavy atom. The molecule has 0 aliphatic carbocycles. The molecule has 0 fully saturated rings. The fourth-order valence-corrected chi connectivity index (χ4v) is 1.88. The molecule has 0 saturated heterocycles. The molecule has 1 aromatic heterocycles. The SMILES string of the molecule is Cc1ccc(C)n1NCC(O)COc1ccccc1. The van der Waals surface area contributed by atoms with Gasteiger partial charge in [0.2, 0.25) is 0 Å². The number of hydrogen-bond donors (Lipinski definition) is 2. The lowest BCUT2D eigenvalue weighted by molar-refractivity contribution is 0.115. The topological polar surface area (TPSA) is 46.4 Å². The molecule has 0 aliphatic heterocycles. The standard InChI is InChI=1S/C15H20N2O2/c1-12-8-9-13(2)17(12)16-10-14(18)11-19-15-6-4-3-5-7-15/h3-9,14,16,18H,10-11H2,1-2H3. The highest BCUT2D eigenvalue weighted by molar-refractivity contribution is 5.21. The van der Waals surface area contributed by atoms with Crippen LogP contribution in [0.5, 0.6) is 5.75 Å². The van der Waals surface area contributed by atoms with E-state index in [0.717, 1.165) is 17.1 Å². The van der Waals surface area contributed by atoms with Crippen LogP contribution < -0.4 is 10.2 Å². The molecule has 2 rings (SSSR count). The van der Waals surface area contributed by atoms with Crippen LogP contribution in [-0.4, -0.2) is 29.0 Å². The minimum absolute atomic E-state index is 0.274. The molecule has 0 amide bonds. The van der Waals surface area contributed by atoms with E-state index in [9.17, 15) is 5.11 Å². The molecule has 1 unspecified atom stereocenters. The maximum absolute atomic E-state index is 9.89. The molecule has 0 radical (unpaired) electrons. The van der Waals surface area contributed by atoms with E-state index in [1.54, 1.807) is 0 Å². The normalized spacial score (nSPS) is 12.2. The average Bonchev–Trinajstić information content (AvgIpc) is 2.75. The van der Waals surface area contributed by atoms with Crippen molar-refractivity contribution in [1.29, 1.82) is 0 Å². The summed E-state index contributed by atoms with van der Waals surface area (Å²) in [6, 6.07) is 13.6. The first-order valence-electron chi connectivity index (χ1n) is 6.41. The van der Waals surface area contributed by atoms with Gasteiger partial charge in [-0.25, -0.2) is 0 Å². The molecule has 0 aliphatic rings. The predicted molar refractivity (Wildman–Crippen MR) is 76.1 cm³/mol. The van der Waals surface area contributed by atoms with Crippen molar-refractivity contribution in [2.24, 2.45) is 0 Å². The highest BCUT2D eigenvalue weighted by Gasteiger charge is 2.06. The van der Waals surface area contributed by atoms with Gasteiger partial charge in [-0.1, -0.05) is 18.2 Å². The van der Waals surface area contributed by atoms with Gasteiger partial charge in [-0.05, 0) is 38.1 Å². The lowest BCUT2D eigenvalue weighted by atomic mass is 10.3. The van der Waals surface area contributed by atoms with Gasteiger partial charge in [-0.2, -0.15) is 0 Å². The first kappa shape index (κ1) is 13.5. The second-order valence-electron chi connectivity index (χ2n) is 4.59. The van der Waals surface area contributed by atoms with Crippen LogP contribution in [0.25, 0.3) is 0 Å².